The zero-order chi connectivity index (χ0) is 10.9. The van der Waals surface area contributed by atoms with Crippen LogP contribution in [0.2, 0.25) is 0 Å². The number of nitrogens with zero attached hydrogens (tertiary/aromatic N) is 2. The Balaban J connectivity index is 1.98. The van der Waals surface area contributed by atoms with Gasteiger partial charge in [0.1, 0.15) is 6.21 Å². The molecule has 1 aliphatic rings. The topological polar surface area (TPSA) is 77.0 Å². The van der Waals surface area contributed by atoms with Gasteiger partial charge in [-0.05, 0) is 19.4 Å². The number of rotatable bonds is 5. The maximum Gasteiger partial charge on any atom is 0.265 e. The number of amides is 1. The van der Waals surface area contributed by atoms with E-state index in [-0.39, 0.29) is 5.91 Å². The van der Waals surface area contributed by atoms with Gasteiger partial charge in [0, 0.05) is 26.3 Å². The minimum Gasteiger partial charge on any atom is -0.411 e. The van der Waals surface area contributed by atoms with Gasteiger partial charge in [-0.25, -0.2) is 0 Å². The molecule has 0 aromatic carbocycles. The fraction of sp³-hybridized carbons (Fsp3) is 0.778. The van der Waals surface area contributed by atoms with Crippen LogP contribution in [0.1, 0.15) is 12.8 Å². The number of nitrogens with one attached hydrogen (secondary N) is 2. The van der Waals surface area contributed by atoms with E-state index >= 15 is 0 Å². The second-order valence-electron chi connectivity index (χ2n) is 3.52. The van der Waals surface area contributed by atoms with Crippen LogP contribution in [0, 0.1) is 0 Å². The summed E-state index contributed by atoms with van der Waals surface area (Å²) >= 11 is 0. The molecule has 1 rings (SSSR count). The molecular formula is C9H18N4O2. The molecule has 6 heteroatoms. The summed E-state index contributed by atoms with van der Waals surface area (Å²) in [6, 6.07) is 0. The summed E-state index contributed by atoms with van der Waals surface area (Å²) in [6.45, 7) is 4.75. The van der Waals surface area contributed by atoms with E-state index in [0.717, 1.165) is 38.9 Å². The first kappa shape index (κ1) is 11.9. The molecule has 0 bridgehead atoms. The highest BCUT2D eigenvalue weighted by atomic mass is 16.4. The zero-order valence-electron chi connectivity index (χ0n) is 8.78. The molecule has 1 aliphatic heterocycles. The van der Waals surface area contributed by atoms with E-state index in [1.807, 2.05) is 0 Å². The van der Waals surface area contributed by atoms with Gasteiger partial charge in [0.2, 0.25) is 0 Å². The molecule has 1 amide bonds. The van der Waals surface area contributed by atoms with Crippen molar-refractivity contribution in [1.29, 1.82) is 0 Å². The second-order valence-corrected chi connectivity index (χ2v) is 3.52. The van der Waals surface area contributed by atoms with E-state index in [1.165, 1.54) is 6.42 Å². The molecular weight excluding hydrogens is 196 g/mol. The van der Waals surface area contributed by atoms with Crippen molar-refractivity contribution in [3.63, 3.8) is 0 Å². The lowest BCUT2D eigenvalue weighted by molar-refractivity contribution is -0.114. The summed E-state index contributed by atoms with van der Waals surface area (Å²) in [4.78, 5) is 13.2. The molecule has 0 aromatic heterocycles. The highest BCUT2D eigenvalue weighted by molar-refractivity contribution is 6.25. The molecule has 0 radical (unpaired) electrons. The number of hydrogen-bond donors (Lipinski definition) is 3. The number of hydrogen-bond acceptors (Lipinski definition) is 5. The van der Waals surface area contributed by atoms with Crippen molar-refractivity contribution in [3.8, 4) is 0 Å². The third kappa shape index (κ3) is 5.34. The lowest BCUT2D eigenvalue weighted by atomic mass is 10.3. The van der Waals surface area contributed by atoms with Gasteiger partial charge >= 0.3 is 0 Å². The Kier molecular flexibility index (Phi) is 5.72. The van der Waals surface area contributed by atoms with E-state index in [1.54, 1.807) is 0 Å². The van der Waals surface area contributed by atoms with Crippen LogP contribution >= 0.6 is 0 Å². The first-order chi connectivity index (χ1) is 7.33. The number of carbonyl (C=O) groups excluding carboxylic acids is 1. The van der Waals surface area contributed by atoms with E-state index < -0.39 is 0 Å². The maximum absolute atomic E-state index is 10.8. The molecule has 0 unspecified atom stereocenters. The van der Waals surface area contributed by atoms with Crippen LogP contribution in [0.15, 0.2) is 5.16 Å². The van der Waals surface area contributed by atoms with Crippen LogP contribution in [0.5, 0.6) is 0 Å². The molecule has 0 atom stereocenters. The Bertz CT molecular complexity index is 214. The molecule has 15 heavy (non-hydrogen) atoms. The maximum atomic E-state index is 10.8. The van der Waals surface area contributed by atoms with Crippen molar-refractivity contribution >= 4 is 12.1 Å². The van der Waals surface area contributed by atoms with Crippen molar-refractivity contribution in [2.24, 2.45) is 5.16 Å². The quantitative estimate of drug-likeness (QED) is 0.242. The molecule has 0 aliphatic carbocycles. The summed E-state index contributed by atoms with van der Waals surface area (Å²) < 4.78 is 0. The Hall–Kier alpha value is -1.14. The van der Waals surface area contributed by atoms with Gasteiger partial charge < -0.3 is 15.8 Å². The average molecular weight is 214 g/mol. The first-order valence-corrected chi connectivity index (χ1v) is 5.21. The Morgan fingerprint density at radius 3 is 3.20 bits per heavy atom. The fourth-order valence-corrected chi connectivity index (χ4v) is 1.55. The van der Waals surface area contributed by atoms with E-state index in [0.29, 0.717) is 6.54 Å². The molecule has 1 heterocycles. The fourth-order valence-electron chi connectivity index (χ4n) is 1.55. The first-order valence-electron chi connectivity index (χ1n) is 5.21. The summed E-state index contributed by atoms with van der Waals surface area (Å²) in [5.74, 6) is -0.353. The molecule has 0 saturated carbocycles. The van der Waals surface area contributed by atoms with Gasteiger partial charge in [0.15, 0.2) is 0 Å². The van der Waals surface area contributed by atoms with Gasteiger partial charge in [-0.3, -0.25) is 9.69 Å². The molecule has 1 fully saturated rings. The summed E-state index contributed by atoms with van der Waals surface area (Å²) in [5, 5.41) is 16.7. The van der Waals surface area contributed by atoms with Crippen LogP contribution in [-0.4, -0.2) is 55.1 Å². The van der Waals surface area contributed by atoms with E-state index in [2.05, 4.69) is 20.7 Å². The Labute approximate surface area is 89.3 Å². The smallest absolute Gasteiger partial charge is 0.265 e. The average Bonchev–Trinajstić information content (AvgIpc) is 2.26. The minimum atomic E-state index is -0.353. The lowest BCUT2D eigenvalue weighted by Crippen LogP contribution is -2.42. The van der Waals surface area contributed by atoms with Crippen molar-refractivity contribution in [2.45, 2.75) is 12.8 Å². The summed E-state index contributed by atoms with van der Waals surface area (Å²) in [7, 11) is 0. The van der Waals surface area contributed by atoms with Crippen LogP contribution in [-0.2, 0) is 4.79 Å². The van der Waals surface area contributed by atoms with Crippen LogP contribution in [0.4, 0.5) is 0 Å². The van der Waals surface area contributed by atoms with Crippen molar-refractivity contribution < 1.29 is 10.0 Å². The third-order valence-corrected chi connectivity index (χ3v) is 2.29. The predicted octanol–water partition coefficient (Wildman–Crippen LogP) is -0.794. The molecule has 3 N–H and O–H groups in total. The van der Waals surface area contributed by atoms with E-state index in [9.17, 15) is 4.79 Å². The van der Waals surface area contributed by atoms with E-state index in [4.69, 9.17) is 5.21 Å². The molecule has 6 nitrogen and oxygen atoms in total. The Morgan fingerprint density at radius 1 is 1.67 bits per heavy atom. The highest BCUT2D eigenvalue weighted by Gasteiger charge is 2.08. The molecule has 0 spiro atoms. The Morgan fingerprint density at radius 2 is 2.53 bits per heavy atom. The second kappa shape index (κ2) is 7.19. The predicted molar refractivity (Wildman–Crippen MR) is 57.0 cm³/mol. The standard InChI is InChI=1S/C9H18N4O2/c14-9(7-12-15)11-4-2-6-13-5-1-3-10-8-13/h7,10,15H,1-6,8H2,(H,11,14)/b12-7+. The SMILES string of the molecule is O=C(/C=N/O)NCCCN1CCCNC1. The van der Waals surface area contributed by atoms with Crippen molar-refractivity contribution in [3.05, 3.63) is 0 Å². The van der Waals surface area contributed by atoms with Crippen molar-refractivity contribution in [2.75, 3.05) is 32.8 Å². The molecule has 86 valence electrons. The van der Waals surface area contributed by atoms with Gasteiger partial charge in [-0.1, -0.05) is 5.16 Å². The van der Waals surface area contributed by atoms with Gasteiger partial charge in [-0.2, -0.15) is 0 Å². The summed E-state index contributed by atoms with van der Waals surface area (Å²) in [6.07, 6.45) is 2.96. The van der Waals surface area contributed by atoms with Gasteiger partial charge in [0.05, 0.1) is 0 Å². The monoisotopic (exact) mass is 214 g/mol. The van der Waals surface area contributed by atoms with Crippen molar-refractivity contribution in [1.82, 2.24) is 15.5 Å². The molecule has 1 saturated heterocycles. The molecule has 0 aromatic rings. The largest absolute Gasteiger partial charge is 0.411 e. The summed E-state index contributed by atoms with van der Waals surface area (Å²) in [5.41, 5.74) is 0. The van der Waals surface area contributed by atoms with Gasteiger partial charge in [-0.15, -0.1) is 0 Å². The lowest BCUT2D eigenvalue weighted by Gasteiger charge is -2.27. The zero-order valence-corrected chi connectivity index (χ0v) is 8.78. The number of oxime groups is 1. The highest BCUT2D eigenvalue weighted by Crippen LogP contribution is 1.96. The van der Waals surface area contributed by atoms with Crippen LogP contribution in [0.25, 0.3) is 0 Å². The van der Waals surface area contributed by atoms with Gasteiger partial charge in [0.25, 0.3) is 5.91 Å². The normalized spacial score (nSPS) is 18.1. The third-order valence-electron chi connectivity index (χ3n) is 2.29. The minimum absolute atomic E-state index is 0.353. The van der Waals surface area contributed by atoms with Crippen LogP contribution < -0.4 is 10.6 Å². The number of carbonyl (C=O) groups is 1. The van der Waals surface area contributed by atoms with Crippen LogP contribution in [0.3, 0.4) is 0 Å².